The van der Waals surface area contributed by atoms with E-state index in [2.05, 4.69) is 50.2 Å². The van der Waals surface area contributed by atoms with Crippen molar-refractivity contribution >= 4 is 32.6 Å². The van der Waals surface area contributed by atoms with Gasteiger partial charge in [-0.25, -0.2) is 4.98 Å². The van der Waals surface area contributed by atoms with E-state index in [4.69, 9.17) is 9.72 Å². The Balaban J connectivity index is 2.10. The van der Waals surface area contributed by atoms with Crippen molar-refractivity contribution in [3.8, 4) is 11.5 Å². The van der Waals surface area contributed by atoms with Crippen LogP contribution in [0.5, 0.6) is 11.5 Å². The van der Waals surface area contributed by atoms with Gasteiger partial charge in [-0.15, -0.1) is 0 Å². The van der Waals surface area contributed by atoms with E-state index < -0.39 is 0 Å². The maximum atomic E-state index is 5.78. The van der Waals surface area contributed by atoms with Crippen LogP contribution in [0.2, 0.25) is 0 Å². The van der Waals surface area contributed by atoms with Gasteiger partial charge in [0.2, 0.25) is 0 Å². The normalized spacial score (nSPS) is 12.7. The lowest BCUT2D eigenvalue weighted by atomic mass is 9.99. The Bertz CT molecular complexity index is 1080. The van der Waals surface area contributed by atoms with Gasteiger partial charge in [-0.3, -0.25) is 0 Å². The minimum Gasteiger partial charge on any atom is -0.448 e. The topological polar surface area (TPSA) is 25.4 Å². The second-order valence-corrected chi connectivity index (χ2v) is 5.79. The highest BCUT2D eigenvalue weighted by Gasteiger charge is 2.30. The number of nitrogens with zero attached hydrogens (tertiary/aromatic N) is 1. The molecule has 0 fully saturated rings. The van der Waals surface area contributed by atoms with Crippen molar-refractivity contribution in [2.75, 3.05) is 0 Å². The summed E-state index contributed by atoms with van der Waals surface area (Å²) in [6, 6.07) is 14.8. The zero-order chi connectivity index (χ0) is 14.1. The van der Waals surface area contributed by atoms with Gasteiger partial charge in [-0.1, -0.05) is 35.9 Å². The molecule has 0 atom stereocenters. The molecule has 0 saturated carbocycles. The fourth-order valence-electron chi connectivity index (χ4n) is 3.32. The SMILES string of the molecule is Cc1ccc2nc3c(c4c(c5ccccc53)O4)c(C)c2c1. The molecule has 2 heteroatoms. The predicted molar refractivity (Wildman–Crippen MR) is 86.3 cm³/mol. The molecule has 0 saturated heterocycles. The van der Waals surface area contributed by atoms with Gasteiger partial charge in [0.1, 0.15) is 0 Å². The lowest BCUT2D eigenvalue weighted by Gasteiger charge is -2.08. The first kappa shape index (κ1) is 11.1. The largest absolute Gasteiger partial charge is 0.448 e. The monoisotopic (exact) mass is 271 g/mol. The molecule has 0 radical (unpaired) electrons. The summed E-state index contributed by atoms with van der Waals surface area (Å²) in [5, 5.41) is 4.73. The Morgan fingerprint density at radius 1 is 0.857 bits per heavy atom. The second kappa shape index (κ2) is 3.53. The highest BCUT2D eigenvalue weighted by Crippen LogP contribution is 2.56. The fraction of sp³-hybridized carbons (Fsp3) is 0.105. The second-order valence-electron chi connectivity index (χ2n) is 5.79. The maximum Gasteiger partial charge on any atom is 0.180 e. The van der Waals surface area contributed by atoms with Crippen LogP contribution in [0.3, 0.4) is 0 Å². The first-order valence-corrected chi connectivity index (χ1v) is 7.17. The minimum absolute atomic E-state index is 1.01. The molecule has 2 nitrogen and oxygen atoms in total. The number of hydrogen-bond acceptors (Lipinski definition) is 2. The van der Waals surface area contributed by atoms with E-state index in [0.717, 1.165) is 22.5 Å². The molecule has 1 aliphatic heterocycles. The van der Waals surface area contributed by atoms with Gasteiger partial charge in [-0.2, -0.15) is 0 Å². The third kappa shape index (κ3) is 1.34. The van der Waals surface area contributed by atoms with Gasteiger partial charge in [0.25, 0.3) is 0 Å². The van der Waals surface area contributed by atoms with Crippen molar-refractivity contribution < 1.29 is 4.74 Å². The van der Waals surface area contributed by atoms with Gasteiger partial charge >= 0.3 is 0 Å². The quantitative estimate of drug-likeness (QED) is 0.218. The molecule has 21 heavy (non-hydrogen) atoms. The van der Waals surface area contributed by atoms with Crippen LogP contribution in [0.25, 0.3) is 32.6 Å². The third-order valence-corrected chi connectivity index (χ3v) is 4.42. The molecule has 5 rings (SSSR count). The Hall–Kier alpha value is -2.61. The van der Waals surface area contributed by atoms with Crippen LogP contribution in [-0.2, 0) is 0 Å². The van der Waals surface area contributed by atoms with E-state index in [1.807, 2.05) is 6.07 Å². The average molecular weight is 271 g/mol. The minimum atomic E-state index is 1.01. The summed E-state index contributed by atoms with van der Waals surface area (Å²) in [6.07, 6.45) is 0. The van der Waals surface area contributed by atoms with E-state index in [0.29, 0.717) is 0 Å². The fourth-order valence-corrected chi connectivity index (χ4v) is 3.32. The van der Waals surface area contributed by atoms with Crippen LogP contribution in [0.4, 0.5) is 0 Å². The van der Waals surface area contributed by atoms with Crippen molar-refractivity contribution in [3.05, 3.63) is 53.6 Å². The summed E-state index contributed by atoms with van der Waals surface area (Å²) in [6.45, 7) is 4.29. The van der Waals surface area contributed by atoms with Crippen LogP contribution in [0.15, 0.2) is 42.5 Å². The number of benzene rings is 3. The van der Waals surface area contributed by atoms with E-state index in [1.54, 1.807) is 0 Å². The Morgan fingerprint density at radius 2 is 1.67 bits per heavy atom. The summed E-state index contributed by atoms with van der Waals surface area (Å²) in [5.41, 5.74) is 4.62. The standard InChI is InChI=1S/C19H13NO/c1-10-7-8-15-14(9-10)11(2)16-17(20-15)12-5-3-4-6-13(12)18-19(16)21-18/h3-9H,1-2H3. The van der Waals surface area contributed by atoms with Crippen LogP contribution in [-0.4, -0.2) is 4.98 Å². The first-order valence-electron chi connectivity index (χ1n) is 7.17. The summed E-state index contributed by atoms with van der Waals surface area (Å²) in [5.74, 6) is 2.03. The van der Waals surface area contributed by atoms with Crippen LogP contribution in [0, 0.1) is 13.8 Å². The lowest BCUT2D eigenvalue weighted by molar-refractivity contribution is 0.657. The molecule has 0 unspecified atom stereocenters. The molecular formula is C19H13NO. The summed E-state index contributed by atoms with van der Waals surface area (Å²) < 4.78 is 5.78. The van der Waals surface area contributed by atoms with Gasteiger partial charge in [0.05, 0.1) is 16.4 Å². The number of rotatable bonds is 0. The zero-order valence-corrected chi connectivity index (χ0v) is 11.9. The molecule has 0 spiro atoms. The smallest absolute Gasteiger partial charge is 0.180 e. The predicted octanol–water partition coefficient (Wildman–Crippen LogP) is 5.26. The molecular weight excluding hydrogens is 258 g/mol. The van der Waals surface area contributed by atoms with Crippen molar-refractivity contribution in [1.82, 2.24) is 4.98 Å². The molecule has 1 aliphatic rings. The molecule has 0 N–H and O–H groups in total. The molecule has 0 bridgehead atoms. The van der Waals surface area contributed by atoms with Crippen LogP contribution >= 0.6 is 0 Å². The number of ether oxygens (including phenoxy) is 1. The molecule has 4 aromatic rings. The van der Waals surface area contributed by atoms with Crippen LogP contribution in [0.1, 0.15) is 11.1 Å². The van der Waals surface area contributed by atoms with Crippen molar-refractivity contribution in [1.29, 1.82) is 0 Å². The summed E-state index contributed by atoms with van der Waals surface area (Å²) in [7, 11) is 0. The highest BCUT2D eigenvalue weighted by atomic mass is 16.6. The van der Waals surface area contributed by atoms with E-state index >= 15 is 0 Å². The molecule has 3 aromatic carbocycles. The number of aryl methyl sites for hydroxylation is 2. The zero-order valence-electron chi connectivity index (χ0n) is 11.9. The van der Waals surface area contributed by atoms with Gasteiger partial charge in [-0.05, 0) is 31.5 Å². The number of fused-ring (bicyclic) bond motifs is 7. The molecule has 0 amide bonds. The van der Waals surface area contributed by atoms with Crippen LogP contribution < -0.4 is 4.74 Å². The highest BCUT2D eigenvalue weighted by molar-refractivity contribution is 6.18. The molecule has 2 heterocycles. The van der Waals surface area contributed by atoms with Crippen molar-refractivity contribution in [3.63, 3.8) is 0 Å². The van der Waals surface area contributed by atoms with E-state index in [1.165, 1.54) is 32.7 Å². The number of hydrogen-bond donors (Lipinski definition) is 0. The summed E-state index contributed by atoms with van der Waals surface area (Å²) in [4.78, 5) is 4.92. The summed E-state index contributed by atoms with van der Waals surface area (Å²) >= 11 is 0. The number of pyridine rings is 1. The van der Waals surface area contributed by atoms with Crippen molar-refractivity contribution in [2.24, 2.45) is 0 Å². The van der Waals surface area contributed by atoms with Gasteiger partial charge < -0.3 is 4.74 Å². The van der Waals surface area contributed by atoms with Gasteiger partial charge in [0.15, 0.2) is 11.5 Å². The Labute approximate surface area is 122 Å². The maximum absolute atomic E-state index is 5.78. The Morgan fingerprint density at radius 3 is 2.52 bits per heavy atom. The van der Waals surface area contributed by atoms with Crippen molar-refractivity contribution in [2.45, 2.75) is 13.8 Å². The molecule has 100 valence electrons. The number of aromatic nitrogens is 1. The molecule has 1 aromatic heterocycles. The van der Waals surface area contributed by atoms with E-state index in [9.17, 15) is 0 Å². The van der Waals surface area contributed by atoms with E-state index in [-0.39, 0.29) is 0 Å². The third-order valence-electron chi connectivity index (χ3n) is 4.42. The molecule has 0 aliphatic carbocycles. The first-order chi connectivity index (χ1) is 10.2. The van der Waals surface area contributed by atoms with Gasteiger partial charge in [0, 0.05) is 16.2 Å². The lowest BCUT2D eigenvalue weighted by Crippen LogP contribution is -1.88. The Kier molecular flexibility index (Phi) is 1.86. The average Bonchev–Trinajstić information content (AvgIpc) is 3.29.